The van der Waals surface area contributed by atoms with Gasteiger partial charge in [-0.2, -0.15) is 4.31 Å². The van der Waals surface area contributed by atoms with Crippen molar-refractivity contribution >= 4 is 21.8 Å². The molecule has 8 heteroatoms. The molecule has 3 rings (SSSR count). The third-order valence-electron chi connectivity index (χ3n) is 5.35. The summed E-state index contributed by atoms with van der Waals surface area (Å²) in [6.07, 6.45) is 2.09. The van der Waals surface area contributed by atoms with Crippen LogP contribution in [0.5, 0.6) is 0 Å². The van der Waals surface area contributed by atoms with Crippen molar-refractivity contribution in [3.05, 3.63) is 29.8 Å². The fourth-order valence-electron chi connectivity index (χ4n) is 3.74. The summed E-state index contributed by atoms with van der Waals surface area (Å²) >= 11 is 0. The number of likely N-dealkylation sites (tertiary alicyclic amines) is 1. The molecule has 0 saturated carbocycles. The lowest BCUT2D eigenvalue weighted by atomic mass is 9.99. The van der Waals surface area contributed by atoms with Gasteiger partial charge in [-0.05, 0) is 37.0 Å². The van der Waals surface area contributed by atoms with Gasteiger partial charge in [-0.3, -0.25) is 9.59 Å². The Morgan fingerprint density at radius 1 is 1.04 bits per heavy atom. The molecule has 2 aliphatic rings. The van der Waals surface area contributed by atoms with E-state index in [2.05, 4.69) is 6.92 Å². The summed E-state index contributed by atoms with van der Waals surface area (Å²) in [5.41, 5.74) is 0.410. The predicted octanol–water partition coefficient (Wildman–Crippen LogP) is 1.41. The third kappa shape index (κ3) is 4.32. The van der Waals surface area contributed by atoms with E-state index in [0.29, 0.717) is 37.7 Å². The number of hydrogen-bond donors (Lipinski definition) is 0. The fraction of sp³-hybridized carbons (Fsp3) is 0.579. The van der Waals surface area contributed by atoms with Crippen molar-refractivity contribution in [2.24, 2.45) is 5.92 Å². The Hall–Kier alpha value is -1.93. The van der Waals surface area contributed by atoms with E-state index in [1.807, 2.05) is 4.90 Å². The maximum Gasteiger partial charge on any atom is 0.253 e. The predicted molar refractivity (Wildman–Crippen MR) is 102 cm³/mol. The van der Waals surface area contributed by atoms with Crippen molar-refractivity contribution in [3.8, 4) is 0 Å². The summed E-state index contributed by atoms with van der Waals surface area (Å²) < 4.78 is 27.3. The molecule has 7 nitrogen and oxygen atoms in total. The number of hydrogen-bond acceptors (Lipinski definition) is 4. The van der Waals surface area contributed by atoms with Crippen LogP contribution < -0.4 is 0 Å². The standard InChI is InChI=1S/C19H27N3O4S/c1-15-5-4-8-21(14-15)19(24)17-6-3-7-18(13-17)27(25,26)22-11-9-20(10-12-22)16(2)23/h3,6-7,13,15H,4-5,8-12,14H2,1-2H3. The molecule has 1 aromatic carbocycles. The summed E-state index contributed by atoms with van der Waals surface area (Å²) in [6, 6.07) is 6.31. The Kier molecular flexibility index (Phi) is 5.86. The number of benzene rings is 1. The first-order valence-corrected chi connectivity index (χ1v) is 10.9. The normalized spacial score (nSPS) is 21.9. The number of rotatable bonds is 3. The highest BCUT2D eigenvalue weighted by molar-refractivity contribution is 7.89. The second-order valence-electron chi connectivity index (χ2n) is 7.44. The molecule has 0 aliphatic carbocycles. The smallest absolute Gasteiger partial charge is 0.253 e. The Morgan fingerprint density at radius 2 is 1.74 bits per heavy atom. The van der Waals surface area contributed by atoms with Crippen LogP contribution >= 0.6 is 0 Å². The molecule has 0 N–H and O–H groups in total. The lowest BCUT2D eigenvalue weighted by Gasteiger charge is -2.33. The molecule has 2 amide bonds. The lowest BCUT2D eigenvalue weighted by Crippen LogP contribution is -2.49. The van der Waals surface area contributed by atoms with Gasteiger partial charge < -0.3 is 9.80 Å². The zero-order valence-electron chi connectivity index (χ0n) is 15.9. The van der Waals surface area contributed by atoms with E-state index in [4.69, 9.17) is 0 Å². The van der Waals surface area contributed by atoms with Crippen molar-refractivity contribution in [1.29, 1.82) is 0 Å². The van der Waals surface area contributed by atoms with Crippen molar-refractivity contribution < 1.29 is 18.0 Å². The minimum atomic E-state index is -3.68. The van der Waals surface area contributed by atoms with E-state index in [9.17, 15) is 18.0 Å². The molecule has 2 heterocycles. The third-order valence-corrected chi connectivity index (χ3v) is 7.24. The van der Waals surface area contributed by atoms with Crippen LogP contribution in [0.15, 0.2) is 29.2 Å². The molecule has 0 spiro atoms. The van der Waals surface area contributed by atoms with E-state index in [1.165, 1.54) is 23.4 Å². The van der Waals surface area contributed by atoms with Gasteiger partial charge in [-0.1, -0.05) is 13.0 Å². The van der Waals surface area contributed by atoms with Crippen LogP contribution in [0.2, 0.25) is 0 Å². The van der Waals surface area contributed by atoms with Crippen LogP contribution in [0, 0.1) is 5.92 Å². The summed E-state index contributed by atoms with van der Waals surface area (Å²) in [5, 5.41) is 0. The zero-order chi connectivity index (χ0) is 19.6. The molecule has 0 aromatic heterocycles. The van der Waals surface area contributed by atoms with Gasteiger partial charge in [-0.15, -0.1) is 0 Å². The van der Waals surface area contributed by atoms with Crippen LogP contribution in [0.4, 0.5) is 0 Å². The van der Waals surface area contributed by atoms with Gasteiger partial charge in [0.25, 0.3) is 5.91 Å². The number of piperidine rings is 1. The molecule has 27 heavy (non-hydrogen) atoms. The minimum Gasteiger partial charge on any atom is -0.340 e. The van der Waals surface area contributed by atoms with Crippen molar-refractivity contribution in [1.82, 2.24) is 14.1 Å². The highest BCUT2D eigenvalue weighted by Gasteiger charge is 2.30. The van der Waals surface area contributed by atoms with E-state index in [0.717, 1.165) is 12.8 Å². The van der Waals surface area contributed by atoms with Crippen LogP contribution in [0.25, 0.3) is 0 Å². The summed E-state index contributed by atoms with van der Waals surface area (Å²) in [4.78, 5) is 27.8. The number of carbonyl (C=O) groups excluding carboxylic acids is 2. The first-order chi connectivity index (χ1) is 12.8. The molecular formula is C19H27N3O4S. The number of nitrogens with zero attached hydrogens (tertiary/aromatic N) is 3. The first kappa shape index (κ1) is 19.8. The number of piperazine rings is 1. The van der Waals surface area contributed by atoms with Crippen LogP contribution in [0.1, 0.15) is 37.0 Å². The Bertz CT molecular complexity index is 816. The van der Waals surface area contributed by atoms with Crippen LogP contribution in [0.3, 0.4) is 0 Å². The van der Waals surface area contributed by atoms with Crippen molar-refractivity contribution in [2.45, 2.75) is 31.6 Å². The van der Waals surface area contributed by atoms with E-state index in [-0.39, 0.29) is 29.8 Å². The molecule has 1 atom stereocenters. The van der Waals surface area contributed by atoms with Crippen molar-refractivity contribution in [3.63, 3.8) is 0 Å². The molecule has 2 saturated heterocycles. The second kappa shape index (κ2) is 7.98. The average Bonchev–Trinajstić information content (AvgIpc) is 2.67. The molecule has 2 aliphatic heterocycles. The number of carbonyl (C=O) groups is 2. The van der Waals surface area contributed by atoms with Gasteiger partial charge in [0.05, 0.1) is 4.90 Å². The molecule has 0 radical (unpaired) electrons. The van der Waals surface area contributed by atoms with Gasteiger partial charge in [0.1, 0.15) is 0 Å². The Labute approximate surface area is 161 Å². The molecule has 2 fully saturated rings. The average molecular weight is 394 g/mol. The summed E-state index contributed by atoms with van der Waals surface area (Å²) in [5.74, 6) is 0.308. The Balaban J connectivity index is 1.76. The zero-order valence-corrected chi connectivity index (χ0v) is 16.7. The highest BCUT2D eigenvalue weighted by Crippen LogP contribution is 2.22. The van der Waals surface area contributed by atoms with Gasteiger partial charge in [0.15, 0.2) is 0 Å². The largest absolute Gasteiger partial charge is 0.340 e. The molecular weight excluding hydrogens is 366 g/mol. The quantitative estimate of drug-likeness (QED) is 0.778. The summed E-state index contributed by atoms with van der Waals surface area (Å²) in [6.45, 7) is 6.35. The molecule has 1 aromatic rings. The minimum absolute atomic E-state index is 0.0459. The highest BCUT2D eigenvalue weighted by atomic mass is 32.2. The second-order valence-corrected chi connectivity index (χ2v) is 9.37. The monoisotopic (exact) mass is 393 g/mol. The first-order valence-electron chi connectivity index (χ1n) is 9.44. The SMILES string of the molecule is CC(=O)N1CCN(S(=O)(=O)c2cccc(C(=O)N3CCCC(C)C3)c2)CC1. The molecule has 1 unspecified atom stereocenters. The van der Waals surface area contributed by atoms with Crippen LogP contribution in [-0.2, 0) is 14.8 Å². The number of sulfonamides is 1. The van der Waals surface area contributed by atoms with Crippen LogP contribution in [-0.4, -0.2) is 73.6 Å². The number of amides is 2. The summed E-state index contributed by atoms with van der Waals surface area (Å²) in [7, 11) is -3.68. The van der Waals surface area contributed by atoms with Gasteiger partial charge >= 0.3 is 0 Å². The Morgan fingerprint density at radius 3 is 2.37 bits per heavy atom. The lowest BCUT2D eigenvalue weighted by molar-refractivity contribution is -0.129. The maximum absolute atomic E-state index is 13.0. The van der Waals surface area contributed by atoms with Crippen molar-refractivity contribution in [2.75, 3.05) is 39.3 Å². The maximum atomic E-state index is 13.0. The molecule has 148 valence electrons. The van der Waals surface area contributed by atoms with Gasteiger partial charge in [0, 0.05) is 51.8 Å². The fourth-order valence-corrected chi connectivity index (χ4v) is 5.21. The van der Waals surface area contributed by atoms with Gasteiger partial charge in [-0.25, -0.2) is 8.42 Å². The molecule has 0 bridgehead atoms. The topological polar surface area (TPSA) is 78.0 Å². The van der Waals surface area contributed by atoms with E-state index < -0.39 is 10.0 Å². The van der Waals surface area contributed by atoms with E-state index in [1.54, 1.807) is 17.0 Å². The van der Waals surface area contributed by atoms with E-state index >= 15 is 0 Å². The van der Waals surface area contributed by atoms with Gasteiger partial charge in [0.2, 0.25) is 15.9 Å².